The number of pyridine rings is 1. The van der Waals surface area contributed by atoms with Crippen molar-refractivity contribution in [2.24, 2.45) is 5.41 Å². The highest BCUT2D eigenvalue weighted by molar-refractivity contribution is 6.09. The van der Waals surface area contributed by atoms with Gasteiger partial charge in [0.05, 0.1) is 37.6 Å². The van der Waals surface area contributed by atoms with Crippen LogP contribution in [0.25, 0.3) is 16.8 Å². The molecule has 0 amide bonds. The minimum Gasteiger partial charge on any atom is -0.496 e. The molecule has 8 nitrogen and oxygen atoms in total. The third-order valence-electron chi connectivity index (χ3n) is 6.85. The predicted octanol–water partition coefficient (Wildman–Crippen LogP) is 3.87. The van der Waals surface area contributed by atoms with Gasteiger partial charge in [0.2, 0.25) is 0 Å². The average Bonchev–Trinajstić information content (AvgIpc) is 2.81. The second-order valence-electron chi connectivity index (χ2n) is 10.3. The summed E-state index contributed by atoms with van der Waals surface area (Å²) < 4.78 is 18.3. The Bertz CT molecular complexity index is 1250. The first-order chi connectivity index (χ1) is 17.2. The van der Waals surface area contributed by atoms with Crippen LogP contribution in [0.15, 0.2) is 35.4 Å². The molecule has 0 bridgehead atoms. The van der Waals surface area contributed by atoms with Crippen molar-refractivity contribution in [3.63, 3.8) is 0 Å². The molecule has 2 aromatic rings. The Balaban J connectivity index is 1.85. The number of fused-ring (bicyclic) bond motifs is 3. The summed E-state index contributed by atoms with van der Waals surface area (Å²) in [6.45, 7) is 9.89. The van der Waals surface area contributed by atoms with E-state index in [1.807, 2.05) is 19.2 Å². The second kappa shape index (κ2) is 10.4. The van der Waals surface area contributed by atoms with Gasteiger partial charge in [-0.1, -0.05) is 20.8 Å². The number of methoxy groups -OCH3 is 1. The minimum atomic E-state index is -0.318. The molecular formula is C28H35N3O5. The third kappa shape index (κ3) is 5.01. The molecular weight excluding hydrogens is 458 g/mol. The van der Waals surface area contributed by atoms with E-state index >= 15 is 0 Å². The number of ketones is 1. The van der Waals surface area contributed by atoms with Crippen molar-refractivity contribution in [2.75, 3.05) is 33.5 Å². The van der Waals surface area contributed by atoms with Crippen LogP contribution in [0, 0.1) is 10.8 Å². The van der Waals surface area contributed by atoms with Crippen LogP contribution in [0.1, 0.15) is 55.2 Å². The van der Waals surface area contributed by atoms with E-state index in [2.05, 4.69) is 36.7 Å². The zero-order valence-corrected chi connectivity index (χ0v) is 21.6. The molecule has 2 aliphatic heterocycles. The Morgan fingerprint density at radius 2 is 2.00 bits per heavy atom. The van der Waals surface area contributed by atoms with Gasteiger partial charge in [-0.05, 0) is 36.5 Å². The summed E-state index contributed by atoms with van der Waals surface area (Å²) in [4.78, 5) is 25.7. The smallest absolute Gasteiger partial charge is 0.193 e. The number of carbonyl (C=O) groups excluding carboxylic acids is 1. The number of benzene rings is 1. The fourth-order valence-electron chi connectivity index (χ4n) is 4.70. The molecule has 1 saturated heterocycles. The van der Waals surface area contributed by atoms with Gasteiger partial charge < -0.3 is 29.5 Å². The maximum atomic E-state index is 13.0. The van der Waals surface area contributed by atoms with Gasteiger partial charge in [0, 0.05) is 54.0 Å². The molecule has 0 aliphatic carbocycles. The number of ether oxygens (including phenoxy) is 3. The number of rotatable bonds is 9. The summed E-state index contributed by atoms with van der Waals surface area (Å²) in [7, 11) is 1.60. The molecule has 2 N–H and O–H groups in total. The Morgan fingerprint density at radius 3 is 2.58 bits per heavy atom. The van der Waals surface area contributed by atoms with Crippen LogP contribution in [0.3, 0.4) is 0 Å². The zero-order chi connectivity index (χ0) is 26.0. The minimum absolute atomic E-state index is 0.0122. The van der Waals surface area contributed by atoms with Crippen LogP contribution >= 0.6 is 0 Å². The molecule has 2 aliphatic rings. The van der Waals surface area contributed by atoms with E-state index in [0.29, 0.717) is 37.6 Å². The molecule has 36 heavy (non-hydrogen) atoms. The number of carbonyl (C=O) groups is 1. The highest BCUT2D eigenvalue weighted by Gasteiger charge is 2.34. The van der Waals surface area contributed by atoms with Crippen molar-refractivity contribution in [3.8, 4) is 17.0 Å². The lowest BCUT2D eigenvalue weighted by molar-refractivity contribution is 0.000844. The van der Waals surface area contributed by atoms with Crippen molar-refractivity contribution in [1.82, 2.24) is 9.88 Å². The summed E-state index contributed by atoms with van der Waals surface area (Å²) in [6, 6.07) is 5.80. The van der Waals surface area contributed by atoms with Gasteiger partial charge in [-0.15, -0.1) is 0 Å². The Labute approximate surface area is 211 Å². The predicted molar refractivity (Wildman–Crippen MR) is 140 cm³/mol. The average molecular weight is 494 g/mol. The maximum absolute atomic E-state index is 13.0. The number of allylic oxidation sites excluding steroid dienone is 1. The largest absolute Gasteiger partial charge is 0.496 e. The van der Waals surface area contributed by atoms with Gasteiger partial charge in [0.25, 0.3) is 0 Å². The van der Waals surface area contributed by atoms with Gasteiger partial charge in [-0.2, -0.15) is 0 Å². The fraction of sp³-hybridized carbons (Fsp3) is 0.464. The molecule has 4 rings (SSSR count). The van der Waals surface area contributed by atoms with Crippen LogP contribution < -0.4 is 15.5 Å². The van der Waals surface area contributed by atoms with Crippen LogP contribution in [0.5, 0.6) is 5.75 Å². The van der Waals surface area contributed by atoms with E-state index in [0.717, 1.165) is 22.4 Å². The Kier molecular flexibility index (Phi) is 7.47. The number of hydrogen-bond acceptors (Lipinski definition) is 7. The fourth-order valence-corrected chi connectivity index (χ4v) is 4.70. The van der Waals surface area contributed by atoms with Gasteiger partial charge in [0.1, 0.15) is 12.4 Å². The number of Topliss-reactive ketones (excluding diaryl/α,β-unsaturated/α-hetero) is 1. The molecule has 1 atom stereocenters. The normalized spacial score (nSPS) is 17.6. The lowest BCUT2D eigenvalue weighted by Crippen LogP contribution is -2.43. The first-order valence-electron chi connectivity index (χ1n) is 12.3. The van der Waals surface area contributed by atoms with Crippen molar-refractivity contribution in [1.29, 1.82) is 5.41 Å². The highest BCUT2D eigenvalue weighted by atomic mass is 16.5. The summed E-state index contributed by atoms with van der Waals surface area (Å²) in [5.41, 5.74) is 3.91. The third-order valence-corrected chi connectivity index (χ3v) is 6.85. The van der Waals surface area contributed by atoms with Crippen LogP contribution in [-0.2, 0) is 15.9 Å². The van der Waals surface area contributed by atoms with Crippen molar-refractivity contribution in [2.45, 2.75) is 46.2 Å². The molecule has 1 aromatic carbocycles. The van der Waals surface area contributed by atoms with E-state index in [9.17, 15) is 9.59 Å². The summed E-state index contributed by atoms with van der Waals surface area (Å²) in [6.07, 6.45) is 5.56. The second-order valence-corrected chi connectivity index (χ2v) is 10.3. The molecule has 1 aromatic heterocycles. The van der Waals surface area contributed by atoms with Gasteiger partial charge in [-0.3, -0.25) is 9.59 Å². The van der Waals surface area contributed by atoms with Gasteiger partial charge >= 0.3 is 0 Å². The van der Waals surface area contributed by atoms with Crippen LogP contribution in [0.2, 0.25) is 0 Å². The summed E-state index contributed by atoms with van der Waals surface area (Å²) in [5.74, 6) is 0.300. The SMILES string of the molecule is CCOCC(=O)c1cn2c(cc1=O)-c1cc(OC)c(/C(C=N)=C/NC3COC3)cc1CC2C(C)(C)C. The van der Waals surface area contributed by atoms with Crippen LogP contribution in [-0.4, -0.2) is 56.1 Å². The first-order valence-corrected chi connectivity index (χ1v) is 12.3. The maximum Gasteiger partial charge on any atom is 0.193 e. The molecule has 0 radical (unpaired) electrons. The summed E-state index contributed by atoms with van der Waals surface area (Å²) in [5, 5.41) is 11.3. The molecule has 8 heteroatoms. The van der Waals surface area contributed by atoms with Gasteiger partial charge in [-0.25, -0.2) is 0 Å². The van der Waals surface area contributed by atoms with Crippen molar-refractivity contribution < 1.29 is 19.0 Å². The lowest BCUT2D eigenvalue weighted by atomic mass is 9.78. The molecule has 0 saturated carbocycles. The van der Waals surface area contributed by atoms with E-state index in [1.54, 1.807) is 19.4 Å². The number of nitrogens with zero attached hydrogens (tertiary/aromatic N) is 1. The zero-order valence-electron chi connectivity index (χ0n) is 21.6. The number of hydrogen-bond donors (Lipinski definition) is 2. The quantitative estimate of drug-likeness (QED) is 0.406. The number of aromatic nitrogens is 1. The Morgan fingerprint density at radius 1 is 1.25 bits per heavy atom. The lowest BCUT2D eigenvalue weighted by Gasteiger charge is -2.39. The van der Waals surface area contributed by atoms with Gasteiger partial charge in [0.15, 0.2) is 11.2 Å². The summed E-state index contributed by atoms with van der Waals surface area (Å²) >= 11 is 0. The molecule has 192 valence electrons. The molecule has 1 fully saturated rings. The first kappa shape index (κ1) is 25.9. The standard InChI is InChI=1S/C28H35N3O5/c1-6-35-16-25(33)22-13-31-23(10-24(22)32)20-9-26(34-5)21(7-17(20)8-27(31)28(2,3)4)18(11-29)12-30-19-14-36-15-19/h7,9-13,19,27,29-30H,6,8,14-16H2,1-5H3/b18-12+,29-11?. The topological polar surface area (TPSA) is 103 Å². The highest BCUT2D eigenvalue weighted by Crippen LogP contribution is 2.45. The van der Waals surface area contributed by atoms with Crippen LogP contribution in [0.4, 0.5) is 0 Å². The molecule has 0 spiro atoms. The Hall–Kier alpha value is -3.23. The number of nitrogens with one attached hydrogen (secondary N) is 2. The molecule has 3 heterocycles. The van der Waals surface area contributed by atoms with E-state index in [4.69, 9.17) is 19.6 Å². The van der Waals surface area contributed by atoms with E-state index in [-0.39, 0.29) is 40.9 Å². The monoisotopic (exact) mass is 493 g/mol. The van der Waals surface area contributed by atoms with Crippen molar-refractivity contribution in [3.05, 3.63) is 57.5 Å². The molecule has 1 unspecified atom stereocenters. The van der Waals surface area contributed by atoms with E-state index in [1.165, 1.54) is 6.21 Å². The van der Waals surface area contributed by atoms with Crippen molar-refractivity contribution >= 4 is 17.6 Å². The van der Waals surface area contributed by atoms with E-state index < -0.39 is 0 Å².